The number of rotatable bonds is 4. The van der Waals surface area contributed by atoms with Gasteiger partial charge in [-0.05, 0) is 36.0 Å². The predicted molar refractivity (Wildman–Crippen MR) is 93.9 cm³/mol. The summed E-state index contributed by atoms with van der Waals surface area (Å²) in [6.07, 6.45) is 3.55. The first kappa shape index (κ1) is 16.6. The summed E-state index contributed by atoms with van der Waals surface area (Å²) in [5.74, 6) is 1.66. The molecule has 0 bridgehead atoms. The Bertz CT molecular complexity index is 894. The van der Waals surface area contributed by atoms with Crippen LogP contribution in [0.5, 0.6) is 11.5 Å². The number of nitrogens with one attached hydrogen (secondary N) is 1. The lowest BCUT2D eigenvalue weighted by molar-refractivity contribution is -0.138. The lowest BCUT2D eigenvalue weighted by Crippen LogP contribution is -2.45. The first-order valence-corrected chi connectivity index (χ1v) is 8.71. The molecule has 1 aromatic carbocycles. The van der Waals surface area contributed by atoms with Crippen molar-refractivity contribution in [1.29, 1.82) is 0 Å². The maximum Gasteiger partial charge on any atom is 0.250 e. The van der Waals surface area contributed by atoms with Crippen LogP contribution in [0, 0.1) is 5.41 Å². The monoisotopic (exact) mass is 355 g/mol. The third-order valence-electron chi connectivity index (χ3n) is 5.02. The molecule has 1 amide bonds. The van der Waals surface area contributed by atoms with Gasteiger partial charge in [-0.2, -0.15) is 0 Å². The molecular formula is C19H21N3O4. The first-order valence-electron chi connectivity index (χ1n) is 8.71. The highest BCUT2D eigenvalue weighted by Gasteiger charge is 2.35. The van der Waals surface area contributed by atoms with Crippen LogP contribution in [0.4, 0.5) is 0 Å². The number of carbonyl (C=O) groups excluding carboxylic acids is 1. The number of ether oxygens (including phenoxy) is 2. The molecular weight excluding hydrogens is 334 g/mol. The minimum atomic E-state index is -0.206. The van der Waals surface area contributed by atoms with Crippen LogP contribution >= 0.6 is 0 Å². The fraction of sp³-hybridized carbons (Fsp3) is 0.421. The summed E-state index contributed by atoms with van der Waals surface area (Å²) in [6.45, 7) is 3.46. The molecule has 136 valence electrons. The molecule has 0 saturated carbocycles. The first-order chi connectivity index (χ1) is 12.5. The average Bonchev–Trinajstić information content (AvgIpc) is 3.06. The Labute approximate surface area is 151 Å². The number of benzene rings is 1. The van der Waals surface area contributed by atoms with Crippen LogP contribution in [0.15, 0.2) is 35.4 Å². The Kier molecular flexibility index (Phi) is 4.14. The van der Waals surface area contributed by atoms with Crippen molar-refractivity contribution < 1.29 is 14.3 Å². The van der Waals surface area contributed by atoms with E-state index in [2.05, 4.69) is 23.0 Å². The van der Waals surface area contributed by atoms with Gasteiger partial charge < -0.3 is 19.4 Å². The number of carbonyl (C=O) groups is 1. The van der Waals surface area contributed by atoms with Crippen molar-refractivity contribution >= 4 is 5.91 Å². The average molecular weight is 355 g/mol. The fourth-order valence-corrected chi connectivity index (χ4v) is 3.72. The Balaban J connectivity index is 1.49. The fourth-order valence-electron chi connectivity index (χ4n) is 3.72. The number of likely N-dealkylation sites (tertiary alicyclic amines) is 1. The zero-order chi connectivity index (χ0) is 18.1. The minimum absolute atomic E-state index is 0.0389. The van der Waals surface area contributed by atoms with Crippen molar-refractivity contribution in [2.45, 2.75) is 32.7 Å². The summed E-state index contributed by atoms with van der Waals surface area (Å²) in [7, 11) is 0. The Morgan fingerprint density at radius 1 is 1.23 bits per heavy atom. The number of amides is 1. The molecule has 7 nitrogen and oxygen atoms in total. The van der Waals surface area contributed by atoms with Crippen LogP contribution in [-0.4, -0.2) is 34.1 Å². The molecule has 0 spiro atoms. The van der Waals surface area contributed by atoms with Gasteiger partial charge in [-0.1, -0.05) is 13.0 Å². The smallest absolute Gasteiger partial charge is 0.250 e. The van der Waals surface area contributed by atoms with Crippen molar-refractivity contribution in [2.24, 2.45) is 5.41 Å². The molecule has 0 radical (unpaired) electrons. The van der Waals surface area contributed by atoms with Crippen molar-refractivity contribution in [3.63, 3.8) is 0 Å². The lowest BCUT2D eigenvalue weighted by atomic mass is 9.76. The van der Waals surface area contributed by atoms with E-state index < -0.39 is 0 Å². The van der Waals surface area contributed by atoms with E-state index in [0.29, 0.717) is 25.2 Å². The summed E-state index contributed by atoms with van der Waals surface area (Å²) < 4.78 is 10.8. The molecule has 2 aliphatic rings. The van der Waals surface area contributed by atoms with Crippen LogP contribution in [0.2, 0.25) is 0 Å². The van der Waals surface area contributed by atoms with Crippen molar-refractivity contribution in [1.82, 2.24) is 14.9 Å². The largest absolute Gasteiger partial charge is 0.454 e. The van der Waals surface area contributed by atoms with Gasteiger partial charge in [0.15, 0.2) is 11.5 Å². The number of aromatic nitrogens is 2. The van der Waals surface area contributed by atoms with Gasteiger partial charge in [-0.25, -0.2) is 4.98 Å². The van der Waals surface area contributed by atoms with Gasteiger partial charge in [-0.15, -0.1) is 0 Å². The number of piperidine rings is 1. The second-order valence-corrected chi connectivity index (χ2v) is 7.33. The second kappa shape index (κ2) is 6.48. The quantitative estimate of drug-likeness (QED) is 0.905. The lowest BCUT2D eigenvalue weighted by Gasteiger charge is -2.40. The minimum Gasteiger partial charge on any atom is -0.454 e. The topological polar surface area (TPSA) is 84.5 Å². The van der Waals surface area contributed by atoms with Gasteiger partial charge in [0.1, 0.15) is 0 Å². The third kappa shape index (κ3) is 3.42. The Morgan fingerprint density at radius 3 is 2.92 bits per heavy atom. The van der Waals surface area contributed by atoms with Crippen LogP contribution in [0.3, 0.4) is 0 Å². The SMILES string of the molecule is CC1(Cc2ccc3c(c2)OCO3)CCC(=O)N(Cc2cc(=O)[nH]cn2)C1. The molecule has 1 fully saturated rings. The number of aromatic amines is 1. The normalized spacial score (nSPS) is 21.9. The third-order valence-corrected chi connectivity index (χ3v) is 5.02. The highest BCUT2D eigenvalue weighted by atomic mass is 16.7. The van der Waals surface area contributed by atoms with E-state index in [1.54, 1.807) is 4.90 Å². The van der Waals surface area contributed by atoms with Crippen LogP contribution in [-0.2, 0) is 17.8 Å². The van der Waals surface area contributed by atoms with Crippen molar-refractivity contribution in [3.05, 3.63) is 52.2 Å². The standard InChI is InChI=1S/C19H21N3O4/c1-19(8-13-2-3-15-16(6-13)26-12-25-15)5-4-18(24)22(10-19)9-14-7-17(23)21-11-20-14/h2-3,6-7,11H,4-5,8-10,12H2,1H3,(H,20,21,23). The summed E-state index contributed by atoms with van der Waals surface area (Å²) in [5.41, 5.74) is 1.53. The molecule has 26 heavy (non-hydrogen) atoms. The Hall–Kier alpha value is -2.83. The highest BCUT2D eigenvalue weighted by Crippen LogP contribution is 2.38. The van der Waals surface area contributed by atoms with Crippen LogP contribution in [0.1, 0.15) is 31.0 Å². The molecule has 1 unspecified atom stereocenters. The highest BCUT2D eigenvalue weighted by molar-refractivity contribution is 5.77. The summed E-state index contributed by atoms with van der Waals surface area (Å²) in [6, 6.07) is 7.45. The van der Waals surface area contributed by atoms with Gasteiger partial charge in [0.2, 0.25) is 12.7 Å². The van der Waals surface area contributed by atoms with Crippen LogP contribution < -0.4 is 15.0 Å². The molecule has 7 heteroatoms. The number of nitrogens with zero attached hydrogens (tertiary/aromatic N) is 2. The van der Waals surface area contributed by atoms with E-state index in [-0.39, 0.29) is 23.7 Å². The molecule has 1 saturated heterocycles. The molecule has 3 heterocycles. The number of fused-ring (bicyclic) bond motifs is 1. The van der Waals surface area contributed by atoms with Gasteiger partial charge in [0.05, 0.1) is 18.6 Å². The van der Waals surface area contributed by atoms with E-state index in [0.717, 1.165) is 24.3 Å². The van der Waals surface area contributed by atoms with E-state index in [4.69, 9.17) is 9.47 Å². The van der Waals surface area contributed by atoms with E-state index in [1.807, 2.05) is 12.1 Å². The van der Waals surface area contributed by atoms with Gasteiger partial charge in [0.25, 0.3) is 5.56 Å². The van der Waals surface area contributed by atoms with Gasteiger partial charge in [0, 0.05) is 19.0 Å². The number of hydrogen-bond donors (Lipinski definition) is 1. The molecule has 1 aromatic heterocycles. The second-order valence-electron chi connectivity index (χ2n) is 7.33. The summed E-state index contributed by atoms with van der Waals surface area (Å²) >= 11 is 0. The van der Waals surface area contributed by atoms with E-state index in [1.165, 1.54) is 18.0 Å². The number of hydrogen-bond acceptors (Lipinski definition) is 5. The summed E-state index contributed by atoms with van der Waals surface area (Å²) in [4.78, 5) is 32.3. The maximum atomic E-state index is 12.4. The van der Waals surface area contributed by atoms with E-state index in [9.17, 15) is 9.59 Å². The van der Waals surface area contributed by atoms with Gasteiger partial charge in [-0.3, -0.25) is 9.59 Å². The molecule has 2 aliphatic heterocycles. The van der Waals surface area contributed by atoms with Crippen molar-refractivity contribution in [3.8, 4) is 11.5 Å². The predicted octanol–water partition coefficient (Wildman–Crippen LogP) is 1.87. The molecule has 2 aromatic rings. The molecule has 0 aliphatic carbocycles. The van der Waals surface area contributed by atoms with Crippen LogP contribution in [0.25, 0.3) is 0 Å². The maximum absolute atomic E-state index is 12.4. The Morgan fingerprint density at radius 2 is 2.08 bits per heavy atom. The molecule has 1 N–H and O–H groups in total. The molecule has 1 atom stereocenters. The van der Waals surface area contributed by atoms with E-state index >= 15 is 0 Å². The zero-order valence-corrected chi connectivity index (χ0v) is 14.7. The summed E-state index contributed by atoms with van der Waals surface area (Å²) in [5, 5.41) is 0. The van der Waals surface area contributed by atoms with Crippen molar-refractivity contribution in [2.75, 3.05) is 13.3 Å². The zero-order valence-electron chi connectivity index (χ0n) is 14.7. The molecule has 4 rings (SSSR count). The number of H-pyrrole nitrogens is 1. The van der Waals surface area contributed by atoms with Gasteiger partial charge >= 0.3 is 0 Å².